The molecule has 0 spiro atoms. The van der Waals surface area contributed by atoms with Crippen LogP contribution in [0, 0.1) is 10.1 Å². The van der Waals surface area contributed by atoms with Gasteiger partial charge in [0.2, 0.25) is 5.75 Å². The summed E-state index contributed by atoms with van der Waals surface area (Å²) >= 11 is 0. The minimum absolute atomic E-state index is 0.106. The van der Waals surface area contributed by atoms with Crippen LogP contribution in [0.1, 0.15) is 25.5 Å². The lowest BCUT2D eigenvalue weighted by Gasteiger charge is -2.22. The Morgan fingerprint density at radius 2 is 2.32 bits per heavy atom. The van der Waals surface area contributed by atoms with Crippen molar-refractivity contribution in [1.29, 1.82) is 0 Å². The molecular weight excluding hydrogens is 288 g/mol. The zero-order chi connectivity index (χ0) is 15.5. The van der Waals surface area contributed by atoms with Crippen molar-refractivity contribution < 1.29 is 14.4 Å². The number of nitro benzene ring substituents is 1. The molecule has 22 heavy (non-hydrogen) atoms. The van der Waals surface area contributed by atoms with E-state index in [0.29, 0.717) is 18.0 Å². The van der Waals surface area contributed by atoms with Gasteiger partial charge >= 0.3 is 5.69 Å². The second-order valence-electron chi connectivity index (χ2n) is 4.98. The highest BCUT2D eigenvalue weighted by atomic mass is 16.6. The van der Waals surface area contributed by atoms with Crippen LogP contribution in [-0.2, 0) is 4.74 Å². The average molecular weight is 304 g/mol. The van der Waals surface area contributed by atoms with Crippen molar-refractivity contribution in [3.63, 3.8) is 0 Å². The largest absolute Gasteiger partial charge is 0.490 e. The third-order valence-electron chi connectivity index (χ3n) is 3.60. The molecule has 0 amide bonds. The van der Waals surface area contributed by atoms with Gasteiger partial charge in [0.25, 0.3) is 0 Å². The fourth-order valence-corrected chi connectivity index (χ4v) is 2.53. The topological polar surface area (TPSA) is 92.3 Å². The first-order chi connectivity index (χ1) is 10.7. The summed E-state index contributed by atoms with van der Waals surface area (Å²) in [6.07, 6.45) is 4.48. The molecule has 1 saturated heterocycles. The fraction of sp³-hybridized carbons (Fsp3) is 0.429. The molecule has 1 aliphatic rings. The molecule has 0 N–H and O–H groups in total. The summed E-state index contributed by atoms with van der Waals surface area (Å²) in [6, 6.07) is 4.69. The second kappa shape index (κ2) is 6.10. The SMILES string of the molecule is COc1c(-c2ncn(C3CCCCO3)n2)cccc1[N+](=O)[O-]. The van der Waals surface area contributed by atoms with Crippen LogP contribution in [0.2, 0.25) is 0 Å². The van der Waals surface area contributed by atoms with Crippen LogP contribution in [-0.4, -0.2) is 33.4 Å². The zero-order valence-electron chi connectivity index (χ0n) is 12.1. The van der Waals surface area contributed by atoms with E-state index in [9.17, 15) is 10.1 Å². The van der Waals surface area contributed by atoms with E-state index in [1.54, 1.807) is 23.1 Å². The number of ether oxygens (including phenoxy) is 2. The van der Waals surface area contributed by atoms with E-state index in [-0.39, 0.29) is 17.7 Å². The van der Waals surface area contributed by atoms with Crippen LogP contribution in [0.5, 0.6) is 5.75 Å². The summed E-state index contributed by atoms with van der Waals surface area (Å²) in [7, 11) is 1.40. The highest BCUT2D eigenvalue weighted by Gasteiger charge is 2.23. The van der Waals surface area contributed by atoms with Crippen LogP contribution in [0.3, 0.4) is 0 Å². The van der Waals surface area contributed by atoms with Crippen LogP contribution in [0.15, 0.2) is 24.5 Å². The van der Waals surface area contributed by atoms with Crippen LogP contribution >= 0.6 is 0 Å². The highest BCUT2D eigenvalue weighted by Crippen LogP contribution is 2.36. The number of nitrogens with zero attached hydrogens (tertiary/aromatic N) is 4. The van der Waals surface area contributed by atoms with Gasteiger partial charge in [-0.1, -0.05) is 6.07 Å². The molecule has 0 radical (unpaired) electrons. The molecule has 8 heteroatoms. The summed E-state index contributed by atoms with van der Waals surface area (Å²) in [6.45, 7) is 0.708. The maximum Gasteiger partial charge on any atom is 0.311 e. The predicted molar refractivity (Wildman–Crippen MR) is 77.5 cm³/mol. The Kier molecular flexibility index (Phi) is 4.01. The van der Waals surface area contributed by atoms with Gasteiger partial charge in [0.15, 0.2) is 12.1 Å². The van der Waals surface area contributed by atoms with E-state index < -0.39 is 4.92 Å². The number of aromatic nitrogens is 3. The first-order valence-corrected chi connectivity index (χ1v) is 7.05. The maximum absolute atomic E-state index is 11.1. The van der Waals surface area contributed by atoms with Crippen molar-refractivity contribution in [2.75, 3.05) is 13.7 Å². The number of hydrogen-bond acceptors (Lipinski definition) is 6. The Morgan fingerprint density at radius 1 is 1.45 bits per heavy atom. The molecule has 0 bridgehead atoms. The fourth-order valence-electron chi connectivity index (χ4n) is 2.53. The molecule has 0 saturated carbocycles. The molecular formula is C14H16N4O4. The lowest BCUT2D eigenvalue weighted by molar-refractivity contribution is -0.385. The molecule has 1 fully saturated rings. The van der Waals surface area contributed by atoms with E-state index >= 15 is 0 Å². The molecule has 116 valence electrons. The predicted octanol–water partition coefficient (Wildman–Crippen LogP) is 2.56. The van der Waals surface area contributed by atoms with E-state index in [0.717, 1.165) is 19.3 Å². The Balaban J connectivity index is 1.96. The number of benzene rings is 1. The molecule has 3 rings (SSSR count). The lowest BCUT2D eigenvalue weighted by Crippen LogP contribution is -2.18. The molecule has 2 aromatic rings. The van der Waals surface area contributed by atoms with Gasteiger partial charge in [-0.25, -0.2) is 9.67 Å². The molecule has 1 atom stereocenters. The first kappa shape index (κ1) is 14.5. The summed E-state index contributed by atoms with van der Waals surface area (Å²) in [4.78, 5) is 14.8. The van der Waals surface area contributed by atoms with Gasteiger partial charge in [-0.05, 0) is 25.3 Å². The number of para-hydroxylation sites is 1. The Bertz CT molecular complexity index is 679. The van der Waals surface area contributed by atoms with E-state index in [1.807, 2.05) is 0 Å². The number of rotatable bonds is 4. The van der Waals surface area contributed by atoms with Gasteiger partial charge in [-0.2, -0.15) is 0 Å². The van der Waals surface area contributed by atoms with Crippen molar-refractivity contribution in [1.82, 2.24) is 14.8 Å². The normalized spacial score (nSPS) is 18.1. The van der Waals surface area contributed by atoms with Crippen molar-refractivity contribution in [3.05, 3.63) is 34.6 Å². The van der Waals surface area contributed by atoms with Crippen molar-refractivity contribution in [2.24, 2.45) is 0 Å². The number of hydrogen-bond donors (Lipinski definition) is 0. The summed E-state index contributed by atoms with van der Waals surface area (Å²) in [5.41, 5.74) is 0.386. The van der Waals surface area contributed by atoms with E-state index in [1.165, 1.54) is 13.2 Å². The molecule has 2 heterocycles. The van der Waals surface area contributed by atoms with Crippen molar-refractivity contribution in [3.8, 4) is 17.1 Å². The van der Waals surface area contributed by atoms with Crippen LogP contribution in [0.25, 0.3) is 11.4 Å². The van der Waals surface area contributed by atoms with E-state index in [4.69, 9.17) is 9.47 Å². The van der Waals surface area contributed by atoms with Crippen molar-refractivity contribution in [2.45, 2.75) is 25.5 Å². The third-order valence-corrected chi connectivity index (χ3v) is 3.60. The maximum atomic E-state index is 11.1. The smallest absolute Gasteiger partial charge is 0.311 e. The molecule has 1 unspecified atom stereocenters. The van der Waals surface area contributed by atoms with Gasteiger partial charge in [-0.3, -0.25) is 10.1 Å². The standard InChI is InChI=1S/C14H16N4O4/c1-21-13-10(5-4-6-11(13)18(19)20)14-15-9-17(16-14)12-7-2-3-8-22-12/h4-6,9,12H,2-3,7-8H2,1H3. The van der Waals surface area contributed by atoms with Gasteiger partial charge < -0.3 is 9.47 Å². The molecule has 0 aliphatic carbocycles. The quantitative estimate of drug-likeness (QED) is 0.636. The minimum atomic E-state index is -0.483. The van der Waals surface area contributed by atoms with Crippen LogP contribution < -0.4 is 4.74 Å². The third kappa shape index (κ3) is 2.64. The Morgan fingerprint density at radius 3 is 3.00 bits per heavy atom. The zero-order valence-corrected chi connectivity index (χ0v) is 12.1. The van der Waals surface area contributed by atoms with Gasteiger partial charge in [0, 0.05) is 12.7 Å². The minimum Gasteiger partial charge on any atom is -0.490 e. The second-order valence-corrected chi connectivity index (χ2v) is 4.98. The molecule has 1 aliphatic heterocycles. The molecule has 8 nitrogen and oxygen atoms in total. The van der Waals surface area contributed by atoms with Gasteiger partial charge in [0.1, 0.15) is 6.33 Å². The molecule has 1 aromatic carbocycles. The Hall–Kier alpha value is -2.48. The summed E-state index contributed by atoms with van der Waals surface area (Å²) in [5.74, 6) is 0.546. The average Bonchev–Trinajstić information content (AvgIpc) is 3.04. The monoisotopic (exact) mass is 304 g/mol. The van der Waals surface area contributed by atoms with Gasteiger partial charge in [0.05, 0.1) is 17.6 Å². The summed E-state index contributed by atoms with van der Waals surface area (Å²) in [5, 5.41) is 15.5. The lowest BCUT2D eigenvalue weighted by atomic mass is 10.1. The van der Waals surface area contributed by atoms with Gasteiger partial charge in [-0.15, -0.1) is 5.10 Å². The van der Waals surface area contributed by atoms with E-state index in [2.05, 4.69) is 10.1 Å². The first-order valence-electron chi connectivity index (χ1n) is 7.05. The number of methoxy groups -OCH3 is 1. The number of nitro groups is 1. The Labute approximate surface area is 126 Å². The molecule has 1 aromatic heterocycles. The van der Waals surface area contributed by atoms with Crippen LogP contribution in [0.4, 0.5) is 5.69 Å². The van der Waals surface area contributed by atoms with Crippen molar-refractivity contribution >= 4 is 5.69 Å². The highest BCUT2D eigenvalue weighted by molar-refractivity contribution is 5.70. The summed E-state index contributed by atoms with van der Waals surface area (Å²) < 4.78 is 12.5.